The van der Waals surface area contributed by atoms with E-state index in [0.29, 0.717) is 5.75 Å². The van der Waals surface area contributed by atoms with Crippen LogP contribution >= 0.6 is 0 Å². The summed E-state index contributed by atoms with van der Waals surface area (Å²) < 4.78 is 5.06. The molecule has 0 aliphatic rings. The number of aromatic nitrogens is 2. The average molecular weight is 246 g/mol. The van der Waals surface area contributed by atoms with Crippen molar-refractivity contribution in [2.75, 3.05) is 0 Å². The molecule has 0 fully saturated rings. The molecule has 2 N–H and O–H groups in total. The van der Waals surface area contributed by atoms with Crippen LogP contribution in [-0.2, 0) is 0 Å². The first kappa shape index (κ1) is 11.8. The van der Waals surface area contributed by atoms with Crippen LogP contribution in [0.3, 0.4) is 0 Å². The quantitative estimate of drug-likeness (QED) is 0.634. The number of benzene rings is 1. The fourth-order valence-electron chi connectivity index (χ4n) is 1.44. The van der Waals surface area contributed by atoms with Crippen LogP contribution in [0.15, 0.2) is 30.5 Å². The van der Waals surface area contributed by atoms with E-state index in [4.69, 9.17) is 9.84 Å². The Kier molecular flexibility index (Phi) is 3.09. The van der Waals surface area contributed by atoms with Gasteiger partial charge in [0, 0.05) is 0 Å². The Morgan fingerprint density at radius 1 is 1.39 bits per heavy atom. The molecule has 0 amide bonds. The summed E-state index contributed by atoms with van der Waals surface area (Å²) in [6.45, 7) is 1.86. The highest BCUT2D eigenvalue weighted by Crippen LogP contribution is 2.15. The fourth-order valence-corrected chi connectivity index (χ4v) is 1.44. The predicted octanol–water partition coefficient (Wildman–Crippen LogP) is 1.64. The molecule has 0 spiro atoms. The molecule has 0 saturated carbocycles. The van der Waals surface area contributed by atoms with Gasteiger partial charge in [-0.05, 0) is 24.6 Å². The van der Waals surface area contributed by atoms with Gasteiger partial charge in [-0.3, -0.25) is 5.10 Å². The largest absolute Gasteiger partial charge is 0.478 e. The Labute approximate surface area is 102 Å². The summed E-state index contributed by atoms with van der Waals surface area (Å²) in [4.78, 5) is 22.6. The Balaban J connectivity index is 2.22. The Hall–Kier alpha value is -2.63. The molecule has 18 heavy (non-hydrogen) atoms. The molecule has 0 radical (unpaired) electrons. The number of carbonyl (C=O) groups excluding carboxylic acids is 1. The van der Waals surface area contributed by atoms with E-state index in [0.717, 1.165) is 11.8 Å². The van der Waals surface area contributed by atoms with Crippen LogP contribution in [0.5, 0.6) is 5.75 Å². The molecular weight excluding hydrogens is 236 g/mol. The van der Waals surface area contributed by atoms with Crippen molar-refractivity contribution < 1.29 is 19.4 Å². The van der Waals surface area contributed by atoms with Crippen molar-refractivity contribution in [3.8, 4) is 5.75 Å². The van der Waals surface area contributed by atoms with Crippen molar-refractivity contribution in [3.63, 3.8) is 0 Å². The first-order valence-electron chi connectivity index (χ1n) is 5.13. The van der Waals surface area contributed by atoms with Gasteiger partial charge in [0.15, 0.2) is 5.69 Å². The average Bonchev–Trinajstić information content (AvgIpc) is 2.77. The summed E-state index contributed by atoms with van der Waals surface area (Å²) >= 11 is 0. The monoisotopic (exact) mass is 246 g/mol. The smallest absolute Gasteiger partial charge is 0.362 e. The second-order valence-corrected chi connectivity index (χ2v) is 3.67. The Bertz CT molecular complexity index is 604. The number of nitrogens with one attached hydrogen (secondary N) is 1. The lowest BCUT2D eigenvalue weighted by Gasteiger charge is -2.03. The van der Waals surface area contributed by atoms with Gasteiger partial charge < -0.3 is 9.84 Å². The molecule has 0 bridgehead atoms. The molecule has 1 aromatic carbocycles. The number of hydrogen-bond acceptors (Lipinski definition) is 4. The molecule has 2 aromatic rings. The number of esters is 1. The first-order valence-corrected chi connectivity index (χ1v) is 5.13. The molecule has 6 heteroatoms. The Morgan fingerprint density at radius 2 is 2.17 bits per heavy atom. The summed E-state index contributed by atoms with van der Waals surface area (Å²) in [7, 11) is 0. The number of aromatic amines is 1. The lowest BCUT2D eigenvalue weighted by atomic mass is 10.2. The number of carboxylic acid groups (broad SMARTS) is 1. The number of carbonyl (C=O) groups is 2. The van der Waals surface area contributed by atoms with Crippen molar-refractivity contribution in [2.45, 2.75) is 6.92 Å². The van der Waals surface area contributed by atoms with E-state index in [1.807, 2.05) is 13.0 Å². The molecule has 0 aliphatic carbocycles. The van der Waals surface area contributed by atoms with E-state index < -0.39 is 11.9 Å². The van der Waals surface area contributed by atoms with Crippen molar-refractivity contribution in [3.05, 3.63) is 47.3 Å². The first-order chi connectivity index (χ1) is 8.58. The molecule has 92 valence electrons. The van der Waals surface area contributed by atoms with Crippen LogP contribution in [-0.4, -0.2) is 27.2 Å². The number of rotatable bonds is 3. The van der Waals surface area contributed by atoms with E-state index >= 15 is 0 Å². The van der Waals surface area contributed by atoms with Gasteiger partial charge in [-0.25, -0.2) is 9.59 Å². The zero-order valence-corrected chi connectivity index (χ0v) is 9.51. The van der Waals surface area contributed by atoms with Crippen molar-refractivity contribution in [1.82, 2.24) is 10.2 Å². The lowest BCUT2D eigenvalue weighted by molar-refractivity contribution is 0.0666. The maximum absolute atomic E-state index is 11.8. The van der Waals surface area contributed by atoms with Gasteiger partial charge in [0.25, 0.3) is 0 Å². The summed E-state index contributed by atoms with van der Waals surface area (Å²) in [5.74, 6) is -1.67. The third-order valence-electron chi connectivity index (χ3n) is 2.27. The van der Waals surface area contributed by atoms with E-state index in [1.165, 1.54) is 0 Å². The summed E-state index contributed by atoms with van der Waals surface area (Å²) in [5.41, 5.74) is 0.542. The summed E-state index contributed by atoms with van der Waals surface area (Å²) in [6.07, 6.45) is 1.06. The highest BCUT2D eigenvalue weighted by molar-refractivity contribution is 6.01. The molecular formula is C12H10N2O4. The topological polar surface area (TPSA) is 92.3 Å². The van der Waals surface area contributed by atoms with Gasteiger partial charge in [0.2, 0.25) is 0 Å². The normalized spacial score (nSPS) is 10.1. The minimum absolute atomic E-state index is 0.177. The number of aryl methyl sites for hydroxylation is 1. The van der Waals surface area contributed by atoms with Gasteiger partial charge in [-0.15, -0.1) is 0 Å². The number of aromatic carboxylic acids is 1. The molecule has 0 aliphatic heterocycles. The van der Waals surface area contributed by atoms with Gasteiger partial charge in [0.1, 0.15) is 11.3 Å². The molecule has 0 unspecified atom stereocenters. The maximum Gasteiger partial charge on any atom is 0.362 e. The third-order valence-corrected chi connectivity index (χ3v) is 2.27. The molecule has 0 atom stereocenters. The zero-order valence-electron chi connectivity index (χ0n) is 9.51. The van der Waals surface area contributed by atoms with Gasteiger partial charge in [-0.1, -0.05) is 12.1 Å². The molecule has 1 aromatic heterocycles. The van der Waals surface area contributed by atoms with Crippen molar-refractivity contribution >= 4 is 11.9 Å². The lowest BCUT2D eigenvalue weighted by Crippen LogP contribution is -2.13. The van der Waals surface area contributed by atoms with Crippen LogP contribution in [0.1, 0.15) is 26.4 Å². The second-order valence-electron chi connectivity index (χ2n) is 3.67. The van der Waals surface area contributed by atoms with Crippen LogP contribution in [0.25, 0.3) is 0 Å². The number of carboxylic acids is 1. The fraction of sp³-hybridized carbons (Fsp3) is 0.0833. The van der Waals surface area contributed by atoms with E-state index in [1.54, 1.807) is 18.2 Å². The van der Waals surface area contributed by atoms with Gasteiger partial charge >= 0.3 is 11.9 Å². The SMILES string of the molecule is Cc1cccc(OC(=O)c2[nH]ncc2C(=O)O)c1. The van der Waals surface area contributed by atoms with E-state index in [9.17, 15) is 9.59 Å². The van der Waals surface area contributed by atoms with Gasteiger partial charge in [0.05, 0.1) is 6.20 Å². The zero-order chi connectivity index (χ0) is 13.1. The summed E-state index contributed by atoms with van der Waals surface area (Å²) in [5, 5.41) is 14.7. The Morgan fingerprint density at radius 3 is 2.83 bits per heavy atom. The number of nitrogens with zero attached hydrogens (tertiary/aromatic N) is 1. The summed E-state index contributed by atoms with van der Waals surface area (Å²) in [6, 6.07) is 6.88. The van der Waals surface area contributed by atoms with Crippen molar-refractivity contribution in [2.24, 2.45) is 0 Å². The van der Waals surface area contributed by atoms with Crippen LogP contribution in [0.4, 0.5) is 0 Å². The highest BCUT2D eigenvalue weighted by Gasteiger charge is 2.20. The van der Waals surface area contributed by atoms with Gasteiger partial charge in [-0.2, -0.15) is 5.10 Å². The standard InChI is InChI=1S/C12H10N2O4/c1-7-3-2-4-8(5-7)18-12(17)10-9(11(15)16)6-13-14-10/h2-6H,1H3,(H,13,14)(H,15,16). The molecule has 1 heterocycles. The molecule has 0 saturated heterocycles. The maximum atomic E-state index is 11.8. The van der Waals surface area contributed by atoms with Crippen LogP contribution < -0.4 is 4.74 Å². The van der Waals surface area contributed by atoms with Crippen molar-refractivity contribution in [1.29, 1.82) is 0 Å². The minimum atomic E-state index is -1.24. The number of hydrogen-bond donors (Lipinski definition) is 2. The van der Waals surface area contributed by atoms with Crippen LogP contribution in [0, 0.1) is 6.92 Å². The van der Waals surface area contributed by atoms with E-state index in [-0.39, 0.29) is 11.3 Å². The number of H-pyrrole nitrogens is 1. The highest BCUT2D eigenvalue weighted by atomic mass is 16.5. The minimum Gasteiger partial charge on any atom is -0.478 e. The molecule has 6 nitrogen and oxygen atoms in total. The second kappa shape index (κ2) is 4.70. The molecule has 2 rings (SSSR count). The predicted molar refractivity (Wildman–Crippen MR) is 61.7 cm³/mol. The third kappa shape index (κ3) is 2.37. The van der Waals surface area contributed by atoms with E-state index in [2.05, 4.69) is 10.2 Å². The number of ether oxygens (including phenoxy) is 1. The van der Waals surface area contributed by atoms with Crippen LogP contribution in [0.2, 0.25) is 0 Å².